The molecule has 224 valence electrons. The number of aliphatic hydroxyl groups excluding tert-OH is 1. The zero-order valence-electron chi connectivity index (χ0n) is 23.6. The lowest BCUT2D eigenvalue weighted by Gasteiger charge is -2.36. The summed E-state index contributed by atoms with van der Waals surface area (Å²) < 4.78 is 43.5. The molecule has 1 saturated carbocycles. The van der Waals surface area contributed by atoms with Gasteiger partial charge in [0, 0.05) is 41.8 Å². The van der Waals surface area contributed by atoms with Gasteiger partial charge in [0.15, 0.2) is 17.2 Å². The van der Waals surface area contributed by atoms with Gasteiger partial charge in [0.1, 0.15) is 18.2 Å². The maximum absolute atomic E-state index is 16.1. The Labute approximate surface area is 248 Å². The van der Waals surface area contributed by atoms with Gasteiger partial charge in [-0.1, -0.05) is 41.9 Å². The summed E-state index contributed by atoms with van der Waals surface area (Å²) in [6.45, 7) is 3.47. The minimum Gasteiger partial charge on any atom is -0.488 e. The molecule has 5 rings (SSSR count). The number of nitrogens with one attached hydrogen (secondary N) is 1. The van der Waals surface area contributed by atoms with E-state index in [0.29, 0.717) is 24.9 Å². The number of nitrogens with two attached hydrogens (primary N) is 1. The Balaban J connectivity index is 1.60. The van der Waals surface area contributed by atoms with Crippen molar-refractivity contribution in [2.24, 2.45) is 5.73 Å². The Morgan fingerprint density at radius 1 is 1.19 bits per heavy atom. The Hall–Kier alpha value is -3.24. The van der Waals surface area contributed by atoms with Gasteiger partial charge in [-0.25, -0.2) is 8.78 Å². The molecule has 1 fully saturated rings. The van der Waals surface area contributed by atoms with Crippen molar-refractivity contribution < 1.29 is 33.3 Å². The van der Waals surface area contributed by atoms with E-state index in [4.69, 9.17) is 26.8 Å². The van der Waals surface area contributed by atoms with E-state index in [2.05, 4.69) is 5.32 Å². The summed E-state index contributed by atoms with van der Waals surface area (Å²) in [6, 6.07) is 13.3. The number of halogens is 3. The van der Waals surface area contributed by atoms with Crippen LogP contribution in [0.4, 0.5) is 8.78 Å². The fourth-order valence-electron chi connectivity index (χ4n) is 5.89. The minimum absolute atomic E-state index is 0.0352. The highest BCUT2D eigenvalue weighted by Gasteiger charge is 2.45. The molecule has 3 aromatic carbocycles. The molecule has 0 spiro atoms. The molecule has 10 heteroatoms. The molecule has 1 amide bonds. The third-order valence-electron chi connectivity index (χ3n) is 8.19. The summed E-state index contributed by atoms with van der Waals surface area (Å²) in [5.41, 5.74) is 4.67. The van der Waals surface area contributed by atoms with E-state index in [0.717, 1.165) is 18.4 Å². The van der Waals surface area contributed by atoms with Crippen LogP contribution in [0.1, 0.15) is 61.0 Å². The van der Waals surface area contributed by atoms with E-state index in [1.54, 1.807) is 0 Å². The second-order valence-corrected chi connectivity index (χ2v) is 12.0. The van der Waals surface area contributed by atoms with Gasteiger partial charge in [-0.3, -0.25) is 4.79 Å². The average molecular weight is 601 g/mol. The molecule has 0 aromatic heterocycles. The Bertz CT molecular complexity index is 1470. The summed E-state index contributed by atoms with van der Waals surface area (Å²) in [4.78, 5) is 12.5. The third-order valence-corrected chi connectivity index (χ3v) is 8.56. The first-order chi connectivity index (χ1) is 19.9. The summed E-state index contributed by atoms with van der Waals surface area (Å²) in [6.07, 6.45) is 2.20. The normalized spacial score (nSPS) is 24.1. The summed E-state index contributed by atoms with van der Waals surface area (Å²) in [5.74, 6) is -2.79. The Morgan fingerprint density at radius 3 is 2.52 bits per heavy atom. The number of hydrogen-bond acceptors (Lipinski definition) is 6. The average Bonchev–Trinajstić information content (AvgIpc) is 3.32. The van der Waals surface area contributed by atoms with E-state index < -0.39 is 34.8 Å². The van der Waals surface area contributed by atoms with Crippen LogP contribution in [-0.2, 0) is 12.0 Å². The third kappa shape index (κ3) is 5.97. The van der Waals surface area contributed by atoms with Crippen molar-refractivity contribution in [2.45, 2.75) is 69.3 Å². The highest BCUT2D eigenvalue weighted by Crippen LogP contribution is 2.50. The topological polar surface area (TPSA) is 114 Å². The summed E-state index contributed by atoms with van der Waals surface area (Å²) >= 11 is 6.54. The molecule has 2 atom stereocenters. The van der Waals surface area contributed by atoms with Crippen molar-refractivity contribution >= 4 is 17.5 Å². The van der Waals surface area contributed by atoms with Crippen molar-refractivity contribution in [1.29, 1.82) is 0 Å². The Morgan fingerprint density at radius 2 is 1.88 bits per heavy atom. The SMILES string of the molecule is C[C@H](O)COc1ccc(C(N)=O)c(-c2c(Cl)c(F)cc3c2C[C@@](CNC2CCC(C)(O)CC2)(c2ccccc2)O3)c1F. The predicted octanol–water partition coefficient (Wildman–Crippen LogP) is 5.26. The van der Waals surface area contributed by atoms with Crippen LogP contribution in [0, 0.1) is 11.6 Å². The number of carbonyl (C=O) groups is 1. The number of primary amides is 1. The molecule has 1 heterocycles. The van der Waals surface area contributed by atoms with Crippen LogP contribution < -0.4 is 20.5 Å². The molecule has 1 aliphatic heterocycles. The molecular weight excluding hydrogens is 566 g/mol. The molecule has 0 saturated heterocycles. The fraction of sp³-hybridized carbons (Fsp3) is 0.406. The van der Waals surface area contributed by atoms with E-state index in [1.807, 2.05) is 37.3 Å². The maximum atomic E-state index is 16.1. The number of fused-ring (bicyclic) bond motifs is 1. The largest absolute Gasteiger partial charge is 0.488 e. The minimum atomic E-state index is -1.00. The first kappa shape index (κ1) is 30.2. The van der Waals surface area contributed by atoms with Gasteiger partial charge >= 0.3 is 0 Å². The fourth-order valence-corrected chi connectivity index (χ4v) is 6.15. The van der Waals surface area contributed by atoms with Crippen LogP contribution in [0.5, 0.6) is 11.5 Å². The number of aliphatic hydroxyl groups is 2. The number of amides is 1. The van der Waals surface area contributed by atoms with Crippen molar-refractivity contribution in [1.82, 2.24) is 5.32 Å². The van der Waals surface area contributed by atoms with Gasteiger partial charge in [-0.2, -0.15) is 0 Å². The lowest BCUT2D eigenvalue weighted by atomic mass is 9.82. The molecule has 0 radical (unpaired) electrons. The van der Waals surface area contributed by atoms with Gasteiger partial charge in [0.05, 0.1) is 22.3 Å². The zero-order chi connectivity index (χ0) is 30.2. The smallest absolute Gasteiger partial charge is 0.249 e. The molecule has 0 bridgehead atoms. The second kappa shape index (κ2) is 11.8. The van der Waals surface area contributed by atoms with Gasteiger partial charge in [0.25, 0.3) is 0 Å². The number of ether oxygens (including phenoxy) is 2. The van der Waals surface area contributed by atoms with Crippen LogP contribution >= 0.6 is 11.6 Å². The number of rotatable bonds is 9. The van der Waals surface area contributed by atoms with Crippen molar-refractivity contribution in [2.75, 3.05) is 13.2 Å². The number of carbonyl (C=O) groups excluding carboxylic acids is 1. The van der Waals surface area contributed by atoms with Crippen LogP contribution in [0.3, 0.4) is 0 Å². The summed E-state index contributed by atoms with van der Waals surface area (Å²) in [5, 5.41) is 23.2. The molecule has 3 aromatic rings. The highest BCUT2D eigenvalue weighted by molar-refractivity contribution is 6.34. The lowest BCUT2D eigenvalue weighted by molar-refractivity contribution is 0.0104. The number of hydrogen-bond donors (Lipinski definition) is 4. The molecule has 2 aliphatic rings. The van der Waals surface area contributed by atoms with Crippen molar-refractivity contribution in [3.63, 3.8) is 0 Å². The zero-order valence-corrected chi connectivity index (χ0v) is 24.3. The van der Waals surface area contributed by atoms with E-state index in [-0.39, 0.29) is 52.3 Å². The summed E-state index contributed by atoms with van der Waals surface area (Å²) in [7, 11) is 0. The molecule has 5 N–H and O–H groups in total. The first-order valence-corrected chi connectivity index (χ1v) is 14.4. The number of benzene rings is 3. The van der Waals surface area contributed by atoms with Gasteiger partial charge in [-0.05, 0) is 57.2 Å². The van der Waals surface area contributed by atoms with E-state index in [1.165, 1.54) is 25.1 Å². The maximum Gasteiger partial charge on any atom is 0.249 e. The van der Waals surface area contributed by atoms with Crippen LogP contribution in [0.15, 0.2) is 48.5 Å². The van der Waals surface area contributed by atoms with Crippen LogP contribution in [0.2, 0.25) is 5.02 Å². The molecule has 7 nitrogen and oxygen atoms in total. The Kier molecular flexibility index (Phi) is 8.49. The first-order valence-electron chi connectivity index (χ1n) is 14.1. The molecular formula is C32H35ClF2N2O5. The van der Waals surface area contributed by atoms with Crippen molar-refractivity contribution in [3.05, 3.63) is 81.9 Å². The van der Waals surface area contributed by atoms with Gasteiger partial charge < -0.3 is 30.7 Å². The molecule has 1 aliphatic carbocycles. The molecule has 42 heavy (non-hydrogen) atoms. The quantitative estimate of drug-likeness (QED) is 0.267. The van der Waals surface area contributed by atoms with Gasteiger partial charge in [0.2, 0.25) is 5.91 Å². The van der Waals surface area contributed by atoms with E-state index in [9.17, 15) is 15.0 Å². The highest BCUT2D eigenvalue weighted by atomic mass is 35.5. The van der Waals surface area contributed by atoms with Crippen molar-refractivity contribution in [3.8, 4) is 22.6 Å². The monoisotopic (exact) mass is 600 g/mol. The van der Waals surface area contributed by atoms with Gasteiger partial charge in [-0.15, -0.1) is 0 Å². The van der Waals surface area contributed by atoms with E-state index >= 15 is 8.78 Å². The standard InChI is InChI=1S/C32H35ClF2N2O5/c1-18(38)16-41-24-9-8-21(30(36)39)27(29(24)35)26-22-15-32(19-6-4-3-5-7-19,42-25(22)14-23(34)28(26)33)17-37-20-10-12-31(2,40)13-11-20/h3-9,14,18,20,37-38,40H,10-13,15-17H2,1-2H3,(H2,36,39)/t18-,20?,31?,32+/m0/s1. The van der Waals surface area contributed by atoms with Crippen LogP contribution in [0.25, 0.3) is 11.1 Å². The second-order valence-electron chi connectivity index (χ2n) is 11.6. The molecule has 0 unspecified atom stereocenters. The predicted molar refractivity (Wildman–Crippen MR) is 156 cm³/mol. The van der Waals surface area contributed by atoms with Crippen LogP contribution in [-0.4, -0.2) is 47.0 Å². The lowest BCUT2D eigenvalue weighted by Crippen LogP contribution is -2.48.